The highest BCUT2D eigenvalue weighted by Crippen LogP contribution is 2.23. The third-order valence-electron chi connectivity index (χ3n) is 6.04. The SMILES string of the molecule is C=CCOC(O)(CC(O)C(CC(O)C(O)CNC(=O)c1ccc(-c2ccc(O)cc2)cc1)NC(C)=O)C(=O)OC. The number of aliphatic hydroxyl groups excluding tert-OH is 3. The lowest BCUT2D eigenvalue weighted by molar-refractivity contribution is -0.232. The summed E-state index contributed by atoms with van der Waals surface area (Å²) in [4.78, 5) is 36.3. The number of benzene rings is 2. The van der Waals surface area contributed by atoms with Crippen molar-refractivity contribution in [3.8, 4) is 16.9 Å². The first-order valence-electron chi connectivity index (χ1n) is 12.4. The van der Waals surface area contributed by atoms with Gasteiger partial charge in [-0.25, -0.2) is 4.79 Å². The number of carbonyl (C=O) groups excluding carboxylic acids is 3. The van der Waals surface area contributed by atoms with Gasteiger partial charge in [0.05, 0.1) is 38.1 Å². The van der Waals surface area contributed by atoms with Crippen molar-refractivity contribution in [3.05, 3.63) is 66.7 Å². The van der Waals surface area contributed by atoms with Crippen molar-refractivity contribution < 1.29 is 49.4 Å². The molecule has 0 saturated heterocycles. The van der Waals surface area contributed by atoms with Gasteiger partial charge in [0.2, 0.25) is 5.91 Å². The largest absolute Gasteiger partial charge is 0.508 e. The number of hydrogen-bond donors (Lipinski definition) is 7. The van der Waals surface area contributed by atoms with Crippen LogP contribution in [-0.2, 0) is 19.1 Å². The zero-order valence-corrected chi connectivity index (χ0v) is 22.3. The van der Waals surface area contributed by atoms with Gasteiger partial charge in [0, 0.05) is 25.5 Å². The molecule has 0 saturated carbocycles. The van der Waals surface area contributed by atoms with Gasteiger partial charge in [0.15, 0.2) is 0 Å². The fourth-order valence-electron chi connectivity index (χ4n) is 3.88. The Morgan fingerprint density at radius 1 is 0.975 bits per heavy atom. The van der Waals surface area contributed by atoms with E-state index in [0.29, 0.717) is 5.56 Å². The van der Waals surface area contributed by atoms with Crippen LogP contribution >= 0.6 is 0 Å². The van der Waals surface area contributed by atoms with E-state index in [1.807, 2.05) is 0 Å². The second-order valence-electron chi connectivity index (χ2n) is 9.16. The molecule has 0 aliphatic heterocycles. The quantitative estimate of drug-likeness (QED) is 0.0900. The van der Waals surface area contributed by atoms with Gasteiger partial charge < -0.3 is 45.6 Å². The molecule has 5 atom stereocenters. The van der Waals surface area contributed by atoms with E-state index in [0.717, 1.165) is 25.2 Å². The smallest absolute Gasteiger partial charge is 0.366 e. The first kappa shape index (κ1) is 32.4. The Hall–Kier alpha value is -3.81. The maximum Gasteiger partial charge on any atom is 0.366 e. The van der Waals surface area contributed by atoms with E-state index >= 15 is 0 Å². The topological polar surface area (TPSA) is 195 Å². The van der Waals surface area contributed by atoms with Crippen molar-refractivity contribution in [1.82, 2.24) is 10.6 Å². The Morgan fingerprint density at radius 3 is 2.08 bits per heavy atom. The second-order valence-corrected chi connectivity index (χ2v) is 9.16. The minimum atomic E-state index is -2.56. The third-order valence-corrected chi connectivity index (χ3v) is 6.04. The van der Waals surface area contributed by atoms with Crippen LogP contribution in [0.15, 0.2) is 61.2 Å². The van der Waals surface area contributed by atoms with Crippen LogP contribution in [0.1, 0.15) is 30.1 Å². The van der Waals surface area contributed by atoms with Crippen molar-refractivity contribution in [2.45, 2.75) is 49.9 Å². The summed E-state index contributed by atoms with van der Waals surface area (Å²) in [6.45, 7) is 3.99. The molecule has 12 heteroatoms. The Morgan fingerprint density at radius 2 is 1.55 bits per heavy atom. The fourth-order valence-corrected chi connectivity index (χ4v) is 3.88. The summed E-state index contributed by atoms with van der Waals surface area (Å²) in [6.07, 6.45) is -4.47. The molecule has 0 fully saturated rings. The molecule has 0 heterocycles. The van der Waals surface area contributed by atoms with Gasteiger partial charge in [-0.15, -0.1) is 6.58 Å². The van der Waals surface area contributed by atoms with E-state index in [9.17, 15) is 39.9 Å². The molecule has 40 heavy (non-hydrogen) atoms. The van der Waals surface area contributed by atoms with E-state index < -0.39 is 60.8 Å². The predicted octanol–water partition coefficient (Wildman–Crippen LogP) is 0.221. The van der Waals surface area contributed by atoms with Crippen LogP contribution in [-0.4, -0.2) is 93.7 Å². The molecule has 5 unspecified atom stereocenters. The van der Waals surface area contributed by atoms with Crippen LogP contribution in [0.5, 0.6) is 5.75 Å². The molecule has 2 aromatic rings. The van der Waals surface area contributed by atoms with Crippen LogP contribution in [0.2, 0.25) is 0 Å². The first-order chi connectivity index (χ1) is 18.9. The molecule has 0 aromatic heterocycles. The lowest BCUT2D eigenvalue weighted by Crippen LogP contribution is -2.53. The zero-order valence-electron chi connectivity index (χ0n) is 22.3. The van der Waals surface area contributed by atoms with Crippen molar-refractivity contribution in [2.24, 2.45) is 0 Å². The van der Waals surface area contributed by atoms with Gasteiger partial charge in [0.25, 0.3) is 11.7 Å². The first-order valence-corrected chi connectivity index (χ1v) is 12.4. The summed E-state index contributed by atoms with van der Waals surface area (Å²) >= 11 is 0. The number of rotatable bonds is 15. The number of methoxy groups -OCH3 is 1. The van der Waals surface area contributed by atoms with E-state index in [1.165, 1.54) is 6.08 Å². The summed E-state index contributed by atoms with van der Waals surface area (Å²) in [6, 6.07) is 12.0. The summed E-state index contributed by atoms with van der Waals surface area (Å²) in [7, 11) is 1.01. The highest BCUT2D eigenvalue weighted by molar-refractivity contribution is 5.94. The fraction of sp³-hybridized carbons (Fsp3) is 0.393. The number of phenolic OH excluding ortho intramolecular Hbond substituents is 1. The second kappa shape index (κ2) is 15.1. The molecule has 12 nitrogen and oxygen atoms in total. The maximum atomic E-state index is 12.5. The molecule has 2 amide bonds. The standard InChI is InChI=1S/C28H36N2O10/c1-4-13-40-28(38,27(37)39-3)15-24(34)22(30-17(2)31)14-23(33)25(35)16-29-26(36)20-7-5-18(6-8-20)19-9-11-21(32)12-10-19/h4-12,22-25,32-35,38H,1,13-16H2,2-3H3,(H,29,36)(H,30,31). The number of nitrogens with one attached hydrogen (secondary N) is 2. The number of ether oxygens (including phenoxy) is 2. The zero-order chi connectivity index (χ0) is 29.9. The molecular weight excluding hydrogens is 524 g/mol. The molecule has 0 aliphatic rings. The third kappa shape index (κ3) is 9.43. The predicted molar refractivity (Wildman–Crippen MR) is 144 cm³/mol. The van der Waals surface area contributed by atoms with E-state index in [1.54, 1.807) is 48.5 Å². The van der Waals surface area contributed by atoms with Crippen LogP contribution < -0.4 is 10.6 Å². The van der Waals surface area contributed by atoms with Crippen molar-refractivity contribution in [1.29, 1.82) is 0 Å². The average molecular weight is 561 g/mol. The number of carbonyl (C=O) groups is 3. The minimum absolute atomic E-state index is 0.138. The van der Waals surface area contributed by atoms with Crippen molar-refractivity contribution >= 4 is 17.8 Å². The Bertz CT molecular complexity index is 1140. The van der Waals surface area contributed by atoms with Crippen LogP contribution in [0.3, 0.4) is 0 Å². The Balaban J connectivity index is 1.99. The van der Waals surface area contributed by atoms with Crippen molar-refractivity contribution in [3.63, 3.8) is 0 Å². The van der Waals surface area contributed by atoms with Crippen LogP contribution in [0.4, 0.5) is 0 Å². The summed E-state index contributed by atoms with van der Waals surface area (Å²) in [5, 5.41) is 56.6. The van der Waals surface area contributed by atoms with Gasteiger partial charge in [-0.3, -0.25) is 9.59 Å². The number of amides is 2. The lowest BCUT2D eigenvalue weighted by Gasteiger charge is -2.32. The molecule has 0 spiro atoms. The number of phenols is 1. The van der Waals surface area contributed by atoms with Crippen LogP contribution in [0.25, 0.3) is 11.1 Å². The maximum absolute atomic E-state index is 12.5. The lowest BCUT2D eigenvalue weighted by atomic mass is 9.95. The molecule has 0 aliphatic carbocycles. The van der Waals surface area contributed by atoms with E-state index in [2.05, 4.69) is 21.9 Å². The number of aliphatic hydroxyl groups is 4. The van der Waals surface area contributed by atoms with E-state index in [-0.39, 0.29) is 18.9 Å². The molecule has 2 rings (SSSR count). The van der Waals surface area contributed by atoms with E-state index in [4.69, 9.17) is 4.74 Å². The molecule has 0 bridgehead atoms. The van der Waals surface area contributed by atoms with Crippen LogP contribution in [0, 0.1) is 0 Å². The molecular formula is C28H36N2O10. The average Bonchev–Trinajstić information content (AvgIpc) is 2.93. The monoisotopic (exact) mass is 560 g/mol. The molecule has 218 valence electrons. The summed E-state index contributed by atoms with van der Waals surface area (Å²) < 4.78 is 9.61. The summed E-state index contributed by atoms with van der Waals surface area (Å²) in [5.41, 5.74) is 1.97. The number of aromatic hydroxyl groups is 1. The molecule has 0 radical (unpaired) electrons. The minimum Gasteiger partial charge on any atom is -0.508 e. The number of hydrogen-bond acceptors (Lipinski definition) is 10. The molecule has 2 aromatic carbocycles. The highest BCUT2D eigenvalue weighted by Gasteiger charge is 2.43. The van der Waals surface area contributed by atoms with Crippen molar-refractivity contribution in [2.75, 3.05) is 20.3 Å². The summed E-state index contributed by atoms with van der Waals surface area (Å²) in [5.74, 6) is -4.70. The highest BCUT2D eigenvalue weighted by atomic mass is 16.7. The Labute approximate surface area is 231 Å². The van der Waals surface area contributed by atoms with Gasteiger partial charge in [-0.05, 0) is 41.8 Å². The van der Waals surface area contributed by atoms with Gasteiger partial charge >= 0.3 is 5.97 Å². The van der Waals surface area contributed by atoms with Gasteiger partial charge in [-0.2, -0.15) is 0 Å². The van der Waals surface area contributed by atoms with Gasteiger partial charge in [-0.1, -0.05) is 30.3 Å². The Kier molecular flexibility index (Phi) is 12.2. The normalized spacial score (nSPS) is 15.6. The molecule has 7 N–H and O–H groups in total. The van der Waals surface area contributed by atoms with Gasteiger partial charge in [0.1, 0.15) is 5.75 Å². The number of esters is 1.